The van der Waals surface area contributed by atoms with Gasteiger partial charge in [-0.1, -0.05) is 36.4 Å². The van der Waals surface area contributed by atoms with Crippen LogP contribution in [0, 0.1) is 6.92 Å². The third kappa shape index (κ3) is 5.10. The van der Waals surface area contributed by atoms with Gasteiger partial charge in [-0.2, -0.15) is 0 Å². The van der Waals surface area contributed by atoms with Crippen molar-refractivity contribution in [2.75, 3.05) is 30.4 Å². The molecule has 6 heteroatoms. The van der Waals surface area contributed by atoms with Crippen molar-refractivity contribution in [3.05, 3.63) is 105 Å². The van der Waals surface area contributed by atoms with Crippen molar-refractivity contribution in [2.24, 2.45) is 0 Å². The van der Waals surface area contributed by atoms with Gasteiger partial charge in [0, 0.05) is 42.0 Å². The van der Waals surface area contributed by atoms with Crippen molar-refractivity contribution in [2.45, 2.75) is 38.6 Å². The fourth-order valence-electron chi connectivity index (χ4n) is 5.24. The number of benzene rings is 3. The van der Waals surface area contributed by atoms with E-state index in [4.69, 9.17) is 9.15 Å². The molecule has 0 amide bonds. The highest BCUT2D eigenvalue weighted by Gasteiger charge is 2.25. The molecule has 37 heavy (non-hydrogen) atoms. The minimum absolute atomic E-state index is 0.0196. The molecule has 5 rings (SSSR count). The number of nitrogens with zero attached hydrogens (tertiary/aromatic N) is 1. The molecular formula is C31H32N2O4. The van der Waals surface area contributed by atoms with Crippen LogP contribution >= 0.6 is 0 Å². The highest BCUT2D eigenvalue weighted by molar-refractivity contribution is 5.95. The van der Waals surface area contributed by atoms with Crippen molar-refractivity contribution in [1.29, 1.82) is 0 Å². The number of carbonyl (C=O) groups is 1. The van der Waals surface area contributed by atoms with Crippen LogP contribution < -0.4 is 15.6 Å². The van der Waals surface area contributed by atoms with Crippen molar-refractivity contribution in [3.63, 3.8) is 0 Å². The van der Waals surface area contributed by atoms with Gasteiger partial charge in [0.1, 0.15) is 11.3 Å². The lowest BCUT2D eigenvalue weighted by Crippen LogP contribution is -2.33. The van der Waals surface area contributed by atoms with E-state index < -0.39 is 5.97 Å². The average Bonchev–Trinajstić information content (AvgIpc) is 2.93. The fraction of sp³-hybridized carbons (Fsp3) is 0.290. The molecule has 1 aliphatic heterocycles. The van der Waals surface area contributed by atoms with Crippen molar-refractivity contribution >= 4 is 28.3 Å². The number of hydrogen-bond donors (Lipinski definition) is 1. The molecule has 6 nitrogen and oxygen atoms in total. The molecule has 1 fully saturated rings. The van der Waals surface area contributed by atoms with E-state index in [-0.39, 0.29) is 17.4 Å². The van der Waals surface area contributed by atoms with Gasteiger partial charge in [-0.25, -0.2) is 4.79 Å². The molecule has 0 bridgehead atoms. The molecule has 0 saturated carbocycles. The molecule has 2 heterocycles. The van der Waals surface area contributed by atoms with E-state index in [0.717, 1.165) is 42.8 Å². The van der Waals surface area contributed by atoms with Crippen LogP contribution in [0.4, 0.5) is 11.4 Å². The summed E-state index contributed by atoms with van der Waals surface area (Å²) in [6.07, 6.45) is 1.84. The molecule has 0 radical (unpaired) electrons. The van der Waals surface area contributed by atoms with E-state index in [9.17, 15) is 9.59 Å². The monoisotopic (exact) mass is 496 g/mol. The molecule has 1 N–H and O–H groups in total. The summed E-state index contributed by atoms with van der Waals surface area (Å²) in [6, 6.07) is 23.1. The molecule has 1 aliphatic rings. The van der Waals surface area contributed by atoms with Crippen LogP contribution in [0.5, 0.6) is 0 Å². The van der Waals surface area contributed by atoms with Gasteiger partial charge in [-0.15, -0.1) is 0 Å². The van der Waals surface area contributed by atoms with Gasteiger partial charge >= 0.3 is 5.97 Å². The number of nitrogens with one attached hydrogen (secondary N) is 1. The van der Waals surface area contributed by atoms with Gasteiger partial charge < -0.3 is 19.4 Å². The number of carbonyl (C=O) groups excluding carboxylic acids is 1. The van der Waals surface area contributed by atoms with Crippen LogP contribution in [-0.2, 0) is 4.74 Å². The van der Waals surface area contributed by atoms with Crippen LogP contribution in [-0.4, -0.2) is 26.2 Å². The lowest BCUT2D eigenvalue weighted by atomic mass is 9.92. The number of para-hydroxylation sites is 2. The van der Waals surface area contributed by atoms with E-state index in [1.54, 1.807) is 18.2 Å². The Balaban J connectivity index is 1.45. The predicted molar refractivity (Wildman–Crippen MR) is 148 cm³/mol. The van der Waals surface area contributed by atoms with Gasteiger partial charge in [0.25, 0.3) is 0 Å². The molecule has 1 saturated heterocycles. The van der Waals surface area contributed by atoms with Gasteiger partial charge in [-0.05, 0) is 62.6 Å². The largest absolute Gasteiger partial charge is 0.465 e. The molecular weight excluding hydrogens is 464 g/mol. The van der Waals surface area contributed by atoms with E-state index in [1.165, 1.54) is 12.8 Å². The minimum atomic E-state index is -0.403. The third-order valence-corrected chi connectivity index (χ3v) is 7.21. The molecule has 1 atom stereocenters. The predicted octanol–water partition coefficient (Wildman–Crippen LogP) is 6.45. The summed E-state index contributed by atoms with van der Waals surface area (Å²) in [5.74, 6) is 0.534. The Morgan fingerprint density at radius 2 is 1.73 bits per heavy atom. The number of aryl methyl sites for hydroxylation is 1. The number of anilines is 2. The van der Waals surface area contributed by atoms with Crippen molar-refractivity contribution in [3.8, 4) is 0 Å². The number of hydrogen-bond acceptors (Lipinski definition) is 6. The normalized spacial score (nSPS) is 14.9. The minimum Gasteiger partial charge on any atom is -0.465 e. The zero-order valence-electron chi connectivity index (χ0n) is 21.5. The first-order valence-corrected chi connectivity index (χ1v) is 12.8. The van der Waals surface area contributed by atoms with Gasteiger partial charge in [0.15, 0.2) is 5.43 Å². The quantitative estimate of drug-likeness (QED) is 0.310. The van der Waals surface area contributed by atoms with E-state index >= 15 is 0 Å². The first kappa shape index (κ1) is 24.6. The molecule has 0 aliphatic carbocycles. The molecule has 190 valence electrons. The fourth-order valence-corrected chi connectivity index (χ4v) is 5.24. The summed E-state index contributed by atoms with van der Waals surface area (Å²) >= 11 is 0. The van der Waals surface area contributed by atoms with Gasteiger partial charge in [0.05, 0.1) is 24.1 Å². The Morgan fingerprint density at radius 1 is 1.03 bits per heavy atom. The SMILES string of the molecule is COC(=O)c1ccccc1NC(C)c1cc(C)cc2c(=O)cc(C3CCN(c4ccccc4)CC3)oc12. The van der Waals surface area contributed by atoms with E-state index in [0.29, 0.717) is 22.2 Å². The first-order valence-electron chi connectivity index (χ1n) is 12.8. The Kier molecular flexibility index (Phi) is 6.99. The number of methoxy groups -OCH3 is 1. The lowest BCUT2D eigenvalue weighted by molar-refractivity contribution is 0.0602. The number of esters is 1. The number of ether oxygens (including phenoxy) is 1. The molecule has 3 aromatic carbocycles. The second kappa shape index (κ2) is 10.5. The zero-order valence-corrected chi connectivity index (χ0v) is 21.5. The van der Waals surface area contributed by atoms with Crippen LogP contribution in [0.15, 0.2) is 82.0 Å². The topological polar surface area (TPSA) is 71.8 Å². The van der Waals surface area contributed by atoms with E-state index in [2.05, 4.69) is 34.5 Å². The average molecular weight is 497 g/mol. The summed E-state index contributed by atoms with van der Waals surface area (Å²) in [5.41, 5.74) is 4.81. The first-order chi connectivity index (χ1) is 17.9. The maximum Gasteiger partial charge on any atom is 0.339 e. The number of piperidine rings is 1. The van der Waals surface area contributed by atoms with Crippen LogP contribution in [0.3, 0.4) is 0 Å². The molecule has 0 spiro atoms. The smallest absolute Gasteiger partial charge is 0.339 e. The molecule has 1 unspecified atom stereocenters. The number of rotatable bonds is 6. The summed E-state index contributed by atoms with van der Waals surface area (Å²) in [5, 5.41) is 4.01. The van der Waals surface area contributed by atoms with Crippen molar-refractivity contribution < 1.29 is 13.9 Å². The number of fused-ring (bicyclic) bond motifs is 1. The van der Waals surface area contributed by atoms with Gasteiger partial charge in [0.2, 0.25) is 0 Å². The van der Waals surface area contributed by atoms with Crippen LogP contribution in [0.2, 0.25) is 0 Å². The maximum absolute atomic E-state index is 13.2. The summed E-state index contributed by atoms with van der Waals surface area (Å²) < 4.78 is 11.5. The Morgan fingerprint density at radius 3 is 2.46 bits per heavy atom. The summed E-state index contributed by atoms with van der Waals surface area (Å²) in [4.78, 5) is 27.9. The summed E-state index contributed by atoms with van der Waals surface area (Å²) in [7, 11) is 1.37. The maximum atomic E-state index is 13.2. The van der Waals surface area contributed by atoms with Crippen LogP contribution in [0.25, 0.3) is 11.0 Å². The highest BCUT2D eigenvalue weighted by atomic mass is 16.5. The second-order valence-corrected chi connectivity index (χ2v) is 9.74. The Hall–Kier alpha value is -4.06. The second-order valence-electron chi connectivity index (χ2n) is 9.74. The van der Waals surface area contributed by atoms with Gasteiger partial charge in [-0.3, -0.25) is 4.79 Å². The zero-order chi connectivity index (χ0) is 25.9. The van der Waals surface area contributed by atoms with E-state index in [1.807, 2.05) is 44.2 Å². The Labute approximate surface area is 216 Å². The molecule has 1 aromatic heterocycles. The molecule has 4 aromatic rings. The third-order valence-electron chi connectivity index (χ3n) is 7.21. The standard InChI is InChI=1S/C31H32N2O4/c1-20-17-25(21(2)32-27-12-8-7-11-24(27)31(35)36-3)30-26(18-20)28(34)19-29(37-30)22-13-15-33(16-14-22)23-9-5-4-6-10-23/h4-12,17-19,21-22,32H,13-16H2,1-3H3. The lowest BCUT2D eigenvalue weighted by Gasteiger charge is -2.33. The van der Waals surface area contributed by atoms with Crippen molar-refractivity contribution in [1.82, 2.24) is 0 Å². The van der Waals surface area contributed by atoms with Crippen LogP contribution in [0.1, 0.15) is 59.0 Å². The summed E-state index contributed by atoms with van der Waals surface area (Å²) in [6.45, 7) is 5.82. The highest BCUT2D eigenvalue weighted by Crippen LogP contribution is 2.34. The Bertz CT molecular complexity index is 1470.